The SMILES string of the molecule is O=C(CC(O)(c1nc2ccccc2s1)C(F)(F)F)Nc1ccc(Cl)cc1. The fourth-order valence-electron chi connectivity index (χ4n) is 2.32. The summed E-state index contributed by atoms with van der Waals surface area (Å²) in [7, 11) is 0. The van der Waals surface area contributed by atoms with Crippen molar-refractivity contribution in [3.63, 3.8) is 0 Å². The van der Waals surface area contributed by atoms with Crippen LogP contribution in [0, 0.1) is 0 Å². The zero-order valence-corrected chi connectivity index (χ0v) is 14.6. The Morgan fingerprint density at radius 2 is 1.81 bits per heavy atom. The number of carbonyl (C=O) groups excluding carboxylic acids is 1. The molecule has 1 atom stereocenters. The van der Waals surface area contributed by atoms with Crippen LogP contribution >= 0.6 is 22.9 Å². The molecule has 0 spiro atoms. The van der Waals surface area contributed by atoms with Gasteiger partial charge in [-0.15, -0.1) is 11.3 Å². The standard InChI is InChI=1S/C17H12ClF3N2O2S/c18-10-5-7-11(8-6-10)22-14(24)9-16(25,17(19,20)21)15-23-12-3-1-2-4-13(12)26-15/h1-8,25H,9H2,(H,22,24). The normalized spacial score (nSPS) is 14.2. The van der Waals surface area contributed by atoms with Gasteiger partial charge in [-0.2, -0.15) is 13.2 Å². The van der Waals surface area contributed by atoms with E-state index in [-0.39, 0.29) is 5.69 Å². The van der Waals surface area contributed by atoms with Crippen molar-refractivity contribution in [2.75, 3.05) is 5.32 Å². The third kappa shape index (κ3) is 3.67. The predicted molar refractivity (Wildman–Crippen MR) is 94.3 cm³/mol. The van der Waals surface area contributed by atoms with Crippen LogP contribution in [0.1, 0.15) is 11.4 Å². The fraction of sp³-hybridized carbons (Fsp3) is 0.176. The number of benzene rings is 2. The van der Waals surface area contributed by atoms with Gasteiger partial charge in [0, 0.05) is 10.7 Å². The molecule has 2 aromatic carbocycles. The van der Waals surface area contributed by atoms with E-state index in [1.54, 1.807) is 24.3 Å². The van der Waals surface area contributed by atoms with Crippen molar-refractivity contribution in [2.24, 2.45) is 0 Å². The van der Waals surface area contributed by atoms with Crippen molar-refractivity contribution < 1.29 is 23.1 Å². The van der Waals surface area contributed by atoms with Crippen molar-refractivity contribution in [1.82, 2.24) is 4.98 Å². The van der Waals surface area contributed by atoms with Crippen LogP contribution < -0.4 is 5.32 Å². The van der Waals surface area contributed by atoms with E-state index in [9.17, 15) is 23.1 Å². The molecule has 136 valence electrons. The largest absolute Gasteiger partial charge is 0.424 e. The zero-order valence-electron chi connectivity index (χ0n) is 13.0. The summed E-state index contributed by atoms with van der Waals surface area (Å²) in [6.07, 6.45) is -6.28. The Balaban J connectivity index is 1.90. The van der Waals surface area contributed by atoms with E-state index < -0.39 is 29.1 Å². The molecule has 0 aliphatic rings. The van der Waals surface area contributed by atoms with Gasteiger partial charge in [0.2, 0.25) is 11.5 Å². The van der Waals surface area contributed by atoms with E-state index in [1.807, 2.05) is 0 Å². The molecule has 0 aliphatic heterocycles. The van der Waals surface area contributed by atoms with E-state index >= 15 is 0 Å². The van der Waals surface area contributed by atoms with Gasteiger partial charge in [0.15, 0.2) is 0 Å². The average molecular weight is 401 g/mol. The minimum atomic E-state index is -5.07. The number of amides is 1. The molecule has 0 saturated heterocycles. The molecule has 1 heterocycles. The van der Waals surface area contributed by atoms with Gasteiger partial charge in [-0.25, -0.2) is 4.98 Å². The van der Waals surface area contributed by atoms with E-state index in [0.29, 0.717) is 26.6 Å². The van der Waals surface area contributed by atoms with Gasteiger partial charge >= 0.3 is 6.18 Å². The molecule has 0 aliphatic carbocycles. The van der Waals surface area contributed by atoms with Gasteiger partial charge in [-0.3, -0.25) is 4.79 Å². The number of anilines is 1. The first-order chi connectivity index (χ1) is 12.2. The minimum absolute atomic E-state index is 0.272. The Morgan fingerprint density at radius 1 is 1.15 bits per heavy atom. The molecular formula is C17H12ClF3N2O2S. The van der Waals surface area contributed by atoms with Crippen molar-refractivity contribution in [3.05, 3.63) is 58.6 Å². The Hall–Kier alpha value is -2.16. The number of halogens is 4. The Labute approximate surface area is 155 Å². The highest BCUT2D eigenvalue weighted by molar-refractivity contribution is 7.18. The second kappa shape index (κ2) is 6.86. The van der Waals surface area contributed by atoms with Gasteiger partial charge in [0.25, 0.3) is 0 Å². The number of alkyl halides is 3. The third-order valence-electron chi connectivity index (χ3n) is 3.66. The van der Waals surface area contributed by atoms with Gasteiger partial charge in [0.05, 0.1) is 16.6 Å². The number of para-hydroxylation sites is 1. The number of carbonyl (C=O) groups is 1. The number of aliphatic hydroxyl groups is 1. The average Bonchev–Trinajstić information content (AvgIpc) is 3.00. The van der Waals surface area contributed by atoms with Crippen LogP contribution in [0.15, 0.2) is 48.5 Å². The van der Waals surface area contributed by atoms with E-state index in [1.165, 1.54) is 24.3 Å². The van der Waals surface area contributed by atoms with E-state index in [0.717, 1.165) is 0 Å². The Morgan fingerprint density at radius 3 is 2.42 bits per heavy atom. The number of hydrogen-bond acceptors (Lipinski definition) is 4. The summed E-state index contributed by atoms with van der Waals surface area (Å²) in [5.74, 6) is -0.994. The van der Waals surface area contributed by atoms with Crippen molar-refractivity contribution >= 4 is 44.7 Å². The number of nitrogens with one attached hydrogen (secondary N) is 1. The lowest BCUT2D eigenvalue weighted by molar-refractivity contribution is -0.266. The maximum absolute atomic E-state index is 13.6. The summed E-state index contributed by atoms with van der Waals surface area (Å²) in [4.78, 5) is 16.0. The van der Waals surface area contributed by atoms with Gasteiger partial charge in [0.1, 0.15) is 5.01 Å². The monoisotopic (exact) mass is 400 g/mol. The molecule has 3 rings (SSSR count). The lowest BCUT2D eigenvalue weighted by Gasteiger charge is -2.27. The molecule has 26 heavy (non-hydrogen) atoms. The highest BCUT2D eigenvalue weighted by Gasteiger charge is 2.58. The van der Waals surface area contributed by atoms with Gasteiger partial charge < -0.3 is 10.4 Å². The smallest absolute Gasteiger partial charge is 0.374 e. The van der Waals surface area contributed by atoms with Crippen LogP contribution in [-0.4, -0.2) is 22.2 Å². The maximum Gasteiger partial charge on any atom is 0.424 e. The molecule has 3 aromatic rings. The van der Waals surface area contributed by atoms with Crippen LogP contribution in [0.4, 0.5) is 18.9 Å². The zero-order chi connectivity index (χ0) is 18.9. The van der Waals surface area contributed by atoms with Crippen molar-refractivity contribution in [1.29, 1.82) is 0 Å². The highest BCUT2D eigenvalue weighted by Crippen LogP contribution is 2.44. The summed E-state index contributed by atoms with van der Waals surface area (Å²) in [5, 5.41) is 12.5. The molecule has 1 amide bonds. The third-order valence-corrected chi connectivity index (χ3v) is 5.10. The topological polar surface area (TPSA) is 62.2 Å². The van der Waals surface area contributed by atoms with Crippen LogP contribution in [0.5, 0.6) is 0 Å². The first kappa shape index (κ1) is 18.6. The summed E-state index contributed by atoms with van der Waals surface area (Å²) < 4.78 is 41.3. The molecular weight excluding hydrogens is 389 g/mol. The summed E-state index contributed by atoms with van der Waals surface area (Å²) >= 11 is 6.43. The van der Waals surface area contributed by atoms with Crippen LogP contribution in [-0.2, 0) is 10.4 Å². The number of nitrogens with zero attached hydrogens (tertiary/aromatic N) is 1. The summed E-state index contributed by atoms with van der Waals surface area (Å²) in [5.41, 5.74) is -2.78. The molecule has 0 bridgehead atoms. The van der Waals surface area contributed by atoms with Crippen molar-refractivity contribution in [3.8, 4) is 0 Å². The Kier molecular flexibility index (Phi) is 4.92. The number of thiazole rings is 1. The molecule has 1 aromatic heterocycles. The number of rotatable bonds is 4. The quantitative estimate of drug-likeness (QED) is 0.665. The first-order valence-electron chi connectivity index (χ1n) is 7.39. The van der Waals surface area contributed by atoms with E-state index in [4.69, 9.17) is 11.6 Å². The summed E-state index contributed by atoms with van der Waals surface area (Å²) in [6, 6.07) is 12.3. The molecule has 2 N–H and O–H groups in total. The molecule has 0 fully saturated rings. The van der Waals surface area contributed by atoms with Crippen molar-refractivity contribution in [2.45, 2.75) is 18.2 Å². The lowest BCUT2D eigenvalue weighted by atomic mass is 9.99. The van der Waals surface area contributed by atoms with Crippen LogP contribution in [0.3, 0.4) is 0 Å². The van der Waals surface area contributed by atoms with Gasteiger partial charge in [-0.1, -0.05) is 23.7 Å². The fourth-order valence-corrected chi connectivity index (χ4v) is 3.52. The first-order valence-corrected chi connectivity index (χ1v) is 8.59. The number of fused-ring (bicyclic) bond motifs is 1. The van der Waals surface area contributed by atoms with Crippen LogP contribution in [0.25, 0.3) is 10.2 Å². The van der Waals surface area contributed by atoms with Gasteiger partial charge in [-0.05, 0) is 36.4 Å². The molecule has 9 heteroatoms. The molecule has 4 nitrogen and oxygen atoms in total. The predicted octanol–water partition coefficient (Wildman–Crippen LogP) is 4.73. The van der Waals surface area contributed by atoms with Crippen LogP contribution in [0.2, 0.25) is 5.02 Å². The molecule has 0 saturated carbocycles. The van der Waals surface area contributed by atoms with E-state index in [2.05, 4.69) is 10.3 Å². The lowest BCUT2D eigenvalue weighted by Crippen LogP contribution is -2.45. The second-order valence-electron chi connectivity index (χ2n) is 5.58. The highest BCUT2D eigenvalue weighted by atomic mass is 35.5. The molecule has 1 unspecified atom stereocenters. The minimum Gasteiger partial charge on any atom is -0.374 e. The maximum atomic E-state index is 13.6. The summed E-state index contributed by atoms with van der Waals surface area (Å²) in [6.45, 7) is 0. The number of aromatic nitrogens is 1. The number of hydrogen-bond donors (Lipinski definition) is 2. The molecule has 0 radical (unpaired) electrons. The second-order valence-corrected chi connectivity index (χ2v) is 7.04. The Bertz CT molecular complexity index is 910.